The fraction of sp³-hybridized carbons (Fsp3) is 0.435. The van der Waals surface area contributed by atoms with E-state index in [1.54, 1.807) is 12.0 Å². The molecule has 1 saturated heterocycles. The number of methoxy groups -OCH3 is 1. The lowest BCUT2D eigenvalue weighted by atomic mass is 9.97. The molecule has 1 fully saturated rings. The molecule has 154 valence electrons. The van der Waals surface area contributed by atoms with Crippen LogP contribution < -0.4 is 19.9 Å². The first kappa shape index (κ1) is 19.7. The van der Waals surface area contributed by atoms with Gasteiger partial charge in [-0.05, 0) is 67.8 Å². The van der Waals surface area contributed by atoms with Crippen LogP contribution in [0.1, 0.15) is 30.4 Å². The highest BCUT2D eigenvalue weighted by Crippen LogP contribution is 2.35. The average Bonchev–Trinajstić information content (AvgIpc) is 2.76. The van der Waals surface area contributed by atoms with Gasteiger partial charge in [-0.25, -0.2) is 4.39 Å². The number of piperidine rings is 1. The fourth-order valence-electron chi connectivity index (χ4n) is 4.37. The number of aryl methyl sites for hydroxylation is 1. The van der Waals surface area contributed by atoms with Gasteiger partial charge in [-0.1, -0.05) is 0 Å². The van der Waals surface area contributed by atoms with E-state index in [0.29, 0.717) is 19.0 Å². The fourth-order valence-corrected chi connectivity index (χ4v) is 4.37. The Kier molecular flexibility index (Phi) is 5.72. The third-order valence-electron chi connectivity index (χ3n) is 6.04. The van der Waals surface area contributed by atoms with Gasteiger partial charge in [0, 0.05) is 49.5 Å². The van der Waals surface area contributed by atoms with E-state index < -0.39 is 0 Å². The highest BCUT2D eigenvalue weighted by atomic mass is 19.1. The normalized spacial score (nSPS) is 19.1. The third-order valence-corrected chi connectivity index (χ3v) is 6.04. The summed E-state index contributed by atoms with van der Waals surface area (Å²) >= 11 is 0. The lowest BCUT2D eigenvalue weighted by molar-refractivity contribution is -0.118. The Balaban J connectivity index is 1.71. The van der Waals surface area contributed by atoms with Crippen LogP contribution in [0.2, 0.25) is 0 Å². The second-order valence-electron chi connectivity index (χ2n) is 7.85. The maximum absolute atomic E-state index is 13.5. The lowest BCUT2D eigenvalue weighted by Gasteiger charge is -2.37. The Labute approximate surface area is 171 Å². The predicted octanol–water partition coefficient (Wildman–Crippen LogP) is 3.50. The van der Waals surface area contributed by atoms with Crippen molar-refractivity contribution in [3.63, 3.8) is 0 Å². The van der Waals surface area contributed by atoms with E-state index >= 15 is 0 Å². The number of ether oxygens (including phenoxy) is 1. The molecule has 0 saturated carbocycles. The highest BCUT2D eigenvalue weighted by Gasteiger charge is 2.26. The highest BCUT2D eigenvalue weighted by molar-refractivity contribution is 5.96. The van der Waals surface area contributed by atoms with Crippen molar-refractivity contribution in [2.75, 3.05) is 37.0 Å². The van der Waals surface area contributed by atoms with E-state index in [4.69, 9.17) is 4.74 Å². The lowest BCUT2D eigenvalue weighted by Crippen LogP contribution is -2.46. The molecule has 4 rings (SSSR count). The van der Waals surface area contributed by atoms with E-state index in [1.165, 1.54) is 12.1 Å². The molecule has 1 unspecified atom stereocenters. The van der Waals surface area contributed by atoms with E-state index in [9.17, 15) is 9.18 Å². The van der Waals surface area contributed by atoms with Crippen LogP contribution >= 0.6 is 0 Å². The number of benzene rings is 2. The number of anilines is 2. The molecule has 0 bridgehead atoms. The summed E-state index contributed by atoms with van der Waals surface area (Å²) in [5, 5.41) is 3.47. The van der Waals surface area contributed by atoms with Crippen LogP contribution in [-0.2, 0) is 17.8 Å². The van der Waals surface area contributed by atoms with Crippen molar-refractivity contribution in [1.29, 1.82) is 0 Å². The van der Waals surface area contributed by atoms with Crippen molar-refractivity contribution >= 4 is 17.3 Å². The third kappa shape index (κ3) is 4.08. The Morgan fingerprint density at radius 1 is 1.24 bits per heavy atom. The summed E-state index contributed by atoms with van der Waals surface area (Å²) in [6.07, 6.45) is 3.46. The average molecular weight is 397 g/mol. The van der Waals surface area contributed by atoms with E-state index in [0.717, 1.165) is 60.6 Å². The summed E-state index contributed by atoms with van der Waals surface area (Å²) < 4.78 is 19.2. The van der Waals surface area contributed by atoms with Gasteiger partial charge >= 0.3 is 0 Å². The zero-order chi connectivity index (χ0) is 20.4. The zero-order valence-corrected chi connectivity index (χ0v) is 17.1. The summed E-state index contributed by atoms with van der Waals surface area (Å²) in [7, 11) is 3.52. The van der Waals surface area contributed by atoms with Gasteiger partial charge in [-0.15, -0.1) is 0 Å². The number of hydrogen-bond acceptors (Lipinski definition) is 4. The standard InChI is InChI=1S/C23H28FN3O2/c1-26-21-12-17(22(29-2)13-16(21)5-10-23(26)28)15-27(20-4-3-11-25-14-20)19-8-6-18(24)7-9-19/h6-9,12-13,20,25H,3-5,10-11,14-15H2,1-2H3. The van der Waals surface area contributed by atoms with Crippen LogP contribution in [0.4, 0.5) is 15.8 Å². The molecule has 2 aromatic rings. The Hall–Kier alpha value is -2.60. The number of fused-ring (bicyclic) bond motifs is 1. The predicted molar refractivity (Wildman–Crippen MR) is 113 cm³/mol. The smallest absolute Gasteiger partial charge is 0.227 e. The summed E-state index contributed by atoms with van der Waals surface area (Å²) in [5.41, 5.74) is 4.12. The molecular weight excluding hydrogens is 369 g/mol. The molecule has 29 heavy (non-hydrogen) atoms. The molecule has 0 aromatic heterocycles. The number of nitrogens with zero attached hydrogens (tertiary/aromatic N) is 2. The van der Waals surface area contributed by atoms with Gasteiger partial charge in [0.1, 0.15) is 11.6 Å². The van der Waals surface area contributed by atoms with Crippen molar-refractivity contribution in [2.24, 2.45) is 0 Å². The Morgan fingerprint density at radius 2 is 2.03 bits per heavy atom. The van der Waals surface area contributed by atoms with E-state index in [1.807, 2.05) is 19.2 Å². The molecular formula is C23H28FN3O2. The van der Waals surface area contributed by atoms with Gasteiger partial charge in [-0.2, -0.15) is 0 Å². The molecule has 2 aliphatic heterocycles. The Morgan fingerprint density at radius 3 is 2.72 bits per heavy atom. The van der Waals surface area contributed by atoms with Crippen LogP contribution in [0.15, 0.2) is 36.4 Å². The number of nitrogens with one attached hydrogen (secondary N) is 1. The molecule has 6 heteroatoms. The maximum Gasteiger partial charge on any atom is 0.227 e. The number of halogens is 1. The molecule has 0 radical (unpaired) electrons. The summed E-state index contributed by atoms with van der Waals surface area (Å²) in [6.45, 7) is 2.56. The van der Waals surface area contributed by atoms with Crippen LogP contribution in [0.25, 0.3) is 0 Å². The minimum Gasteiger partial charge on any atom is -0.496 e. The summed E-state index contributed by atoms with van der Waals surface area (Å²) in [6, 6.07) is 11.2. The molecule has 1 amide bonds. The number of hydrogen-bond donors (Lipinski definition) is 1. The van der Waals surface area contributed by atoms with Crippen molar-refractivity contribution in [2.45, 2.75) is 38.3 Å². The Bertz CT molecular complexity index is 878. The number of carbonyl (C=O) groups is 1. The molecule has 5 nitrogen and oxygen atoms in total. The minimum atomic E-state index is -0.234. The number of carbonyl (C=O) groups excluding carboxylic acids is 1. The first-order chi connectivity index (χ1) is 14.1. The second-order valence-corrected chi connectivity index (χ2v) is 7.85. The van der Waals surface area contributed by atoms with Crippen molar-refractivity contribution in [3.8, 4) is 5.75 Å². The molecule has 1 N–H and O–H groups in total. The first-order valence-electron chi connectivity index (χ1n) is 10.3. The van der Waals surface area contributed by atoms with Crippen molar-refractivity contribution in [3.05, 3.63) is 53.3 Å². The molecule has 0 spiro atoms. The maximum atomic E-state index is 13.5. The molecule has 1 atom stereocenters. The van der Waals surface area contributed by atoms with Gasteiger partial charge in [-0.3, -0.25) is 4.79 Å². The molecule has 2 aliphatic rings. The number of amides is 1. The summed E-state index contributed by atoms with van der Waals surface area (Å²) in [4.78, 5) is 16.2. The monoisotopic (exact) mass is 397 g/mol. The van der Waals surface area contributed by atoms with Gasteiger partial charge in [0.05, 0.1) is 7.11 Å². The van der Waals surface area contributed by atoms with Gasteiger partial charge < -0.3 is 19.9 Å². The van der Waals surface area contributed by atoms with E-state index in [-0.39, 0.29) is 11.7 Å². The minimum absolute atomic E-state index is 0.139. The quantitative estimate of drug-likeness (QED) is 0.839. The van der Waals surface area contributed by atoms with Crippen LogP contribution in [-0.4, -0.2) is 39.2 Å². The SMILES string of the molecule is COc1cc2c(cc1CN(c1ccc(F)cc1)C1CCCNC1)N(C)C(=O)CC2. The van der Waals surface area contributed by atoms with Crippen LogP contribution in [0, 0.1) is 5.82 Å². The van der Waals surface area contributed by atoms with Gasteiger partial charge in [0.25, 0.3) is 0 Å². The second kappa shape index (κ2) is 8.41. The van der Waals surface area contributed by atoms with Gasteiger partial charge in [0.2, 0.25) is 5.91 Å². The van der Waals surface area contributed by atoms with Gasteiger partial charge in [0.15, 0.2) is 0 Å². The molecule has 2 heterocycles. The van der Waals surface area contributed by atoms with Crippen LogP contribution in [0.3, 0.4) is 0 Å². The van der Waals surface area contributed by atoms with E-state index in [2.05, 4.69) is 22.3 Å². The topological polar surface area (TPSA) is 44.8 Å². The zero-order valence-electron chi connectivity index (χ0n) is 17.1. The summed E-state index contributed by atoms with van der Waals surface area (Å²) in [5.74, 6) is 0.741. The van der Waals surface area contributed by atoms with Crippen molar-refractivity contribution in [1.82, 2.24) is 5.32 Å². The van der Waals surface area contributed by atoms with Crippen molar-refractivity contribution < 1.29 is 13.9 Å². The number of rotatable bonds is 5. The first-order valence-corrected chi connectivity index (χ1v) is 10.3. The van der Waals surface area contributed by atoms with Crippen LogP contribution in [0.5, 0.6) is 5.75 Å². The molecule has 0 aliphatic carbocycles. The largest absolute Gasteiger partial charge is 0.496 e. The molecule has 2 aromatic carbocycles.